The molecule has 0 radical (unpaired) electrons. The number of aliphatic hydroxyl groups is 1. The Hall–Kier alpha value is -2.08. The van der Waals surface area contributed by atoms with E-state index in [-0.39, 0.29) is 24.5 Å². The maximum Gasteiger partial charge on any atom is 0.231 e. The van der Waals surface area contributed by atoms with Gasteiger partial charge in [-0.1, -0.05) is 30.5 Å². The number of hydrogen-bond acceptors (Lipinski definition) is 5. The molecule has 0 aromatic heterocycles. The van der Waals surface area contributed by atoms with Crippen molar-refractivity contribution in [1.29, 1.82) is 0 Å². The van der Waals surface area contributed by atoms with Crippen molar-refractivity contribution in [2.24, 2.45) is 5.92 Å². The predicted octanol–water partition coefficient (Wildman–Crippen LogP) is 4.62. The summed E-state index contributed by atoms with van der Waals surface area (Å²) in [7, 11) is 0. The van der Waals surface area contributed by atoms with Crippen LogP contribution in [0.5, 0.6) is 11.5 Å². The van der Waals surface area contributed by atoms with Crippen LogP contribution in [0.15, 0.2) is 42.5 Å². The SMILES string of the molecule is O=C(CN1CC[C@]2(O)CCCC[C@@H]2[C@H]1c1ccc2c(c1)OCO2)c1ccc(Cl)cc1. The first-order chi connectivity index (χ1) is 14.5. The van der Waals surface area contributed by atoms with E-state index < -0.39 is 5.60 Å². The van der Waals surface area contributed by atoms with E-state index in [9.17, 15) is 9.90 Å². The Morgan fingerprint density at radius 2 is 1.90 bits per heavy atom. The van der Waals surface area contributed by atoms with Crippen molar-refractivity contribution in [1.82, 2.24) is 4.90 Å². The van der Waals surface area contributed by atoms with E-state index in [1.807, 2.05) is 12.1 Å². The number of Topliss-reactive ketones (excluding diaryl/α,β-unsaturated/α-hetero) is 1. The number of carbonyl (C=O) groups is 1. The van der Waals surface area contributed by atoms with Crippen LogP contribution in [0.2, 0.25) is 5.02 Å². The first-order valence-electron chi connectivity index (χ1n) is 10.7. The van der Waals surface area contributed by atoms with Crippen LogP contribution in [0.1, 0.15) is 54.1 Å². The van der Waals surface area contributed by atoms with Crippen LogP contribution in [-0.4, -0.2) is 41.3 Å². The predicted molar refractivity (Wildman–Crippen MR) is 114 cm³/mol. The number of rotatable bonds is 4. The maximum atomic E-state index is 13.0. The van der Waals surface area contributed by atoms with Gasteiger partial charge in [0, 0.05) is 29.1 Å². The zero-order chi connectivity index (χ0) is 20.7. The fourth-order valence-electron chi connectivity index (χ4n) is 5.37. The first kappa shape index (κ1) is 19.9. The summed E-state index contributed by atoms with van der Waals surface area (Å²) in [6.45, 7) is 1.23. The van der Waals surface area contributed by atoms with Gasteiger partial charge in [-0.15, -0.1) is 0 Å². The molecule has 5 rings (SSSR count). The summed E-state index contributed by atoms with van der Waals surface area (Å²) in [5.74, 6) is 1.65. The largest absolute Gasteiger partial charge is 0.454 e. The third-order valence-corrected chi connectivity index (χ3v) is 7.17. The van der Waals surface area contributed by atoms with E-state index in [4.69, 9.17) is 21.1 Å². The molecule has 0 spiro atoms. The van der Waals surface area contributed by atoms with Crippen molar-refractivity contribution < 1.29 is 19.4 Å². The Kier molecular flexibility index (Phi) is 5.21. The molecule has 3 aliphatic rings. The molecule has 0 unspecified atom stereocenters. The summed E-state index contributed by atoms with van der Waals surface area (Å²) in [4.78, 5) is 15.3. The summed E-state index contributed by atoms with van der Waals surface area (Å²) >= 11 is 5.98. The van der Waals surface area contributed by atoms with E-state index in [1.54, 1.807) is 24.3 Å². The van der Waals surface area contributed by atoms with Crippen molar-refractivity contribution in [2.75, 3.05) is 19.9 Å². The van der Waals surface area contributed by atoms with E-state index in [1.165, 1.54) is 0 Å². The molecular weight excluding hydrogens is 402 g/mol. The number of halogens is 1. The van der Waals surface area contributed by atoms with E-state index in [2.05, 4.69) is 11.0 Å². The standard InChI is InChI=1S/C24H26ClNO4/c25-18-7-4-16(5-8-18)20(27)14-26-12-11-24(28)10-2-1-3-19(24)23(26)17-6-9-21-22(13-17)30-15-29-21/h4-9,13,19,23,28H,1-3,10-12,14-15H2/t19-,23-,24-/m1/s1. The molecule has 30 heavy (non-hydrogen) atoms. The molecular formula is C24H26ClNO4. The van der Waals surface area contributed by atoms with Crippen LogP contribution in [0, 0.1) is 5.92 Å². The van der Waals surface area contributed by atoms with Gasteiger partial charge >= 0.3 is 0 Å². The number of fused-ring (bicyclic) bond motifs is 2. The highest BCUT2D eigenvalue weighted by atomic mass is 35.5. The third kappa shape index (κ3) is 3.59. The molecule has 2 aromatic rings. The highest BCUT2D eigenvalue weighted by Crippen LogP contribution is 2.50. The number of ketones is 1. The fraction of sp³-hybridized carbons (Fsp3) is 0.458. The Balaban J connectivity index is 1.47. The van der Waals surface area contributed by atoms with Crippen molar-refractivity contribution in [2.45, 2.75) is 43.7 Å². The molecule has 2 aromatic carbocycles. The molecule has 158 valence electrons. The molecule has 6 heteroatoms. The number of benzene rings is 2. The third-order valence-electron chi connectivity index (χ3n) is 6.92. The normalized spacial score (nSPS) is 28.2. The van der Waals surface area contributed by atoms with E-state index in [0.29, 0.717) is 30.1 Å². The molecule has 1 aliphatic carbocycles. The lowest BCUT2D eigenvalue weighted by Crippen LogP contribution is -2.55. The maximum absolute atomic E-state index is 13.0. The number of likely N-dealkylation sites (tertiary alicyclic amines) is 1. The van der Waals surface area contributed by atoms with Crippen LogP contribution >= 0.6 is 11.6 Å². The highest BCUT2D eigenvalue weighted by molar-refractivity contribution is 6.30. The topological polar surface area (TPSA) is 59.0 Å². The summed E-state index contributed by atoms with van der Waals surface area (Å²) < 4.78 is 11.1. The number of carbonyl (C=O) groups excluding carboxylic acids is 1. The summed E-state index contributed by atoms with van der Waals surface area (Å²) in [5, 5.41) is 12.1. The van der Waals surface area contributed by atoms with Gasteiger partial charge in [-0.3, -0.25) is 9.69 Å². The number of piperidine rings is 1. The Morgan fingerprint density at radius 3 is 2.73 bits per heavy atom. The molecule has 1 saturated heterocycles. The average molecular weight is 428 g/mol. The number of nitrogens with zero attached hydrogens (tertiary/aromatic N) is 1. The van der Waals surface area contributed by atoms with Gasteiger partial charge in [0.15, 0.2) is 17.3 Å². The molecule has 1 N–H and O–H groups in total. The van der Waals surface area contributed by atoms with Crippen molar-refractivity contribution in [3.8, 4) is 11.5 Å². The number of ether oxygens (including phenoxy) is 2. The van der Waals surface area contributed by atoms with Gasteiger partial charge in [-0.2, -0.15) is 0 Å². The molecule has 2 heterocycles. The molecule has 0 bridgehead atoms. The molecule has 2 aliphatic heterocycles. The molecule has 1 saturated carbocycles. The zero-order valence-corrected chi connectivity index (χ0v) is 17.6. The minimum atomic E-state index is -0.668. The average Bonchev–Trinajstić information content (AvgIpc) is 3.22. The van der Waals surface area contributed by atoms with Crippen molar-refractivity contribution >= 4 is 17.4 Å². The summed E-state index contributed by atoms with van der Waals surface area (Å²) in [6, 6.07) is 13.0. The lowest BCUT2D eigenvalue weighted by Gasteiger charge is -2.52. The Morgan fingerprint density at radius 1 is 1.10 bits per heavy atom. The van der Waals surface area contributed by atoms with Gasteiger partial charge in [-0.25, -0.2) is 0 Å². The minimum absolute atomic E-state index is 0.0326. The monoisotopic (exact) mass is 427 g/mol. The van der Waals surface area contributed by atoms with E-state index in [0.717, 1.165) is 42.7 Å². The fourth-order valence-corrected chi connectivity index (χ4v) is 5.50. The zero-order valence-electron chi connectivity index (χ0n) is 16.9. The van der Waals surface area contributed by atoms with Crippen molar-refractivity contribution in [3.05, 3.63) is 58.6 Å². The minimum Gasteiger partial charge on any atom is -0.454 e. The van der Waals surface area contributed by atoms with Crippen LogP contribution in [0.4, 0.5) is 0 Å². The molecule has 5 nitrogen and oxygen atoms in total. The number of hydrogen-bond donors (Lipinski definition) is 1. The summed E-state index contributed by atoms with van der Waals surface area (Å²) in [6.07, 6.45) is 4.66. The lowest BCUT2D eigenvalue weighted by molar-refractivity contribution is -0.122. The second-order valence-corrected chi connectivity index (χ2v) is 9.10. The van der Waals surface area contributed by atoms with Crippen molar-refractivity contribution in [3.63, 3.8) is 0 Å². The quantitative estimate of drug-likeness (QED) is 0.721. The van der Waals surface area contributed by atoms with Crippen LogP contribution in [-0.2, 0) is 0 Å². The van der Waals surface area contributed by atoms with Gasteiger partial charge in [0.2, 0.25) is 6.79 Å². The van der Waals surface area contributed by atoms with Crippen LogP contribution in [0.3, 0.4) is 0 Å². The van der Waals surface area contributed by atoms with Gasteiger partial charge in [-0.05, 0) is 61.2 Å². The Bertz CT molecular complexity index is 947. The van der Waals surface area contributed by atoms with E-state index >= 15 is 0 Å². The second kappa shape index (κ2) is 7.88. The van der Waals surface area contributed by atoms with Gasteiger partial charge < -0.3 is 14.6 Å². The molecule has 0 amide bonds. The first-order valence-corrected chi connectivity index (χ1v) is 11.1. The van der Waals surface area contributed by atoms with Crippen LogP contribution in [0.25, 0.3) is 0 Å². The highest BCUT2D eigenvalue weighted by Gasteiger charge is 2.49. The lowest BCUT2D eigenvalue weighted by atomic mass is 9.66. The summed E-state index contributed by atoms with van der Waals surface area (Å²) in [5.41, 5.74) is 1.07. The second-order valence-electron chi connectivity index (χ2n) is 8.66. The molecule has 2 fully saturated rings. The smallest absolute Gasteiger partial charge is 0.231 e. The van der Waals surface area contributed by atoms with Crippen LogP contribution < -0.4 is 9.47 Å². The van der Waals surface area contributed by atoms with Gasteiger partial charge in [0.05, 0.1) is 12.1 Å². The van der Waals surface area contributed by atoms with Gasteiger partial charge in [0.25, 0.3) is 0 Å². The molecule has 3 atom stereocenters. The Labute approximate surface area is 181 Å². The van der Waals surface area contributed by atoms with Gasteiger partial charge in [0.1, 0.15) is 0 Å².